The van der Waals surface area contributed by atoms with Crippen molar-refractivity contribution in [2.24, 2.45) is 0 Å². The Kier molecular flexibility index (Phi) is 7.38. The van der Waals surface area contributed by atoms with Crippen molar-refractivity contribution in [1.29, 1.82) is 0 Å². The van der Waals surface area contributed by atoms with Gasteiger partial charge >= 0.3 is 0 Å². The summed E-state index contributed by atoms with van der Waals surface area (Å²) in [6, 6.07) is 23.4. The maximum atomic E-state index is 5.92. The quantitative estimate of drug-likeness (QED) is 0.329. The van der Waals surface area contributed by atoms with Gasteiger partial charge in [-0.15, -0.1) is 10.2 Å². The predicted octanol–water partition coefficient (Wildman–Crippen LogP) is 5.69. The molecule has 1 aliphatic heterocycles. The number of thioether (sulfide) groups is 1. The highest BCUT2D eigenvalue weighted by atomic mass is 32.2. The van der Waals surface area contributed by atoms with Gasteiger partial charge in [-0.2, -0.15) is 0 Å². The van der Waals surface area contributed by atoms with Gasteiger partial charge in [0, 0.05) is 23.9 Å². The molecule has 0 amide bonds. The van der Waals surface area contributed by atoms with E-state index in [9.17, 15) is 0 Å². The number of hydrogen-bond donors (Lipinski definition) is 0. The van der Waals surface area contributed by atoms with E-state index in [1.54, 1.807) is 11.8 Å². The highest BCUT2D eigenvalue weighted by molar-refractivity contribution is 7.98. The average molecular weight is 420 g/mol. The van der Waals surface area contributed by atoms with E-state index in [0.29, 0.717) is 0 Å². The Morgan fingerprint density at radius 2 is 1.83 bits per heavy atom. The van der Waals surface area contributed by atoms with Crippen LogP contribution in [0.15, 0.2) is 71.8 Å². The van der Waals surface area contributed by atoms with Crippen LogP contribution < -0.4 is 4.74 Å². The van der Waals surface area contributed by atoms with Crippen molar-refractivity contribution in [3.63, 3.8) is 0 Å². The van der Waals surface area contributed by atoms with E-state index in [1.165, 1.54) is 24.9 Å². The number of rotatable bonds is 9. The zero-order valence-corrected chi connectivity index (χ0v) is 18.4. The Morgan fingerprint density at radius 3 is 2.53 bits per heavy atom. The molecule has 0 N–H and O–H groups in total. The van der Waals surface area contributed by atoms with Crippen LogP contribution in [0.5, 0.6) is 5.75 Å². The minimum atomic E-state index is 0.730. The van der Waals surface area contributed by atoms with E-state index >= 15 is 0 Å². The molecule has 1 unspecified atom stereocenters. The van der Waals surface area contributed by atoms with Gasteiger partial charge in [-0.3, -0.25) is 0 Å². The second-order valence-electron chi connectivity index (χ2n) is 7.78. The molecule has 0 spiro atoms. The maximum absolute atomic E-state index is 5.92. The maximum Gasteiger partial charge on any atom is 0.119 e. The van der Waals surface area contributed by atoms with Gasteiger partial charge in [0.05, 0.1) is 12.3 Å². The third-order valence-corrected chi connectivity index (χ3v) is 6.56. The van der Waals surface area contributed by atoms with Crippen LogP contribution in [0.4, 0.5) is 0 Å². The van der Waals surface area contributed by atoms with Crippen molar-refractivity contribution in [2.75, 3.05) is 19.7 Å². The van der Waals surface area contributed by atoms with E-state index < -0.39 is 0 Å². The van der Waals surface area contributed by atoms with Crippen molar-refractivity contribution < 1.29 is 4.74 Å². The monoisotopic (exact) mass is 419 g/mol. The zero-order valence-electron chi connectivity index (χ0n) is 17.5. The molecule has 0 aliphatic carbocycles. The fourth-order valence-electron chi connectivity index (χ4n) is 3.79. The molecule has 0 radical (unpaired) electrons. The summed E-state index contributed by atoms with van der Waals surface area (Å²) < 4.78 is 5.92. The molecule has 1 saturated heterocycles. The zero-order chi connectivity index (χ0) is 20.6. The van der Waals surface area contributed by atoms with Gasteiger partial charge in [0.15, 0.2) is 0 Å². The summed E-state index contributed by atoms with van der Waals surface area (Å²) in [4.78, 5) is 2.56. The van der Waals surface area contributed by atoms with Crippen molar-refractivity contribution >= 4 is 11.8 Å². The van der Waals surface area contributed by atoms with Gasteiger partial charge in [-0.05, 0) is 74.7 Å². The third-order valence-electron chi connectivity index (χ3n) is 5.57. The summed E-state index contributed by atoms with van der Waals surface area (Å²) in [7, 11) is 0. The molecule has 2 aromatic carbocycles. The van der Waals surface area contributed by atoms with Gasteiger partial charge in [0.25, 0.3) is 0 Å². The van der Waals surface area contributed by atoms with Gasteiger partial charge < -0.3 is 9.64 Å². The first-order chi connectivity index (χ1) is 14.8. The first-order valence-electron chi connectivity index (χ1n) is 10.8. The van der Waals surface area contributed by atoms with E-state index in [2.05, 4.69) is 58.4 Å². The second kappa shape index (κ2) is 10.6. The van der Waals surface area contributed by atoms with E-state index in [1.807, 2.05) is 30.3 Å². The number of nitrogens with zero attached hydrogens (tertiary/aromatic N) is 3. The summed E-state index contributed by atoms with van der Waals surface area (Å²) in [6.45, 7) is 5.45. The van der Waals surface area contributed by atoms with Gasteiger partial charge in [-0.1, -0.05) is 42.1 Å². The van der Waals surface area contributed by atoms with Crippen molar-refractivity contribution in [2.45, 2.75) is 43.0 Å². The number of likely N-dealkylation sites (tertiary alicyclic amines) is 1. The van der Waals surface area contributed by atoms with E-state index in [0.717, 1.165) is 53.4 Å². The molecule has 0 saturated carbocycles. The molecule has 1 atom stereocenters. The van der Waals surface area contributed by atoms with Crippen molar-refractivity contribution in [3.05, 3.63) is 72.3 Å². The molecule has 4 rings (SSSR count). The van der Waals surface area contributed by atoms with Crippen LogP contribution in [0.2, 0.25) is 0 Å². The molecule has 0 bridgehead atoms. The molecule has 5 heteroatoms. The van der Waals surface area contributed by atoms with Crippen LogP contribution in [-0.2, 0) is 5.75 Å². The first kappa shape index (κ1) is 20.9. The first-order valence-corrected chi connectivity index (χ1v) is 11.7. The van der Waals surface area contributed by atoms with Crippen LogP contribution in [0.25, 0.3) is 11.3 Å². The molecule has 2 heterocycles. The summed E-state index contributed by atoms with van der Waals surface area (Å²) in [5.74, 6) is 1.81. The summed E-state index contributed by atoms with van der Waals surface area (Å²) in [5, 5.41) is 9.71. The minimum Gasteiger partial charge on any atom is -0.494 e. The van der Waals surface area contributed by atoms with Crippen LogP contribution in [0, 0.1) is 0 Å². The largest absolute Gasteiger partial charge is 0.494 e. The minimum absolute atomic E-state index is 0.730. The molecule has 1 aliphatic rings. The van der Waals surface area contributed by atoms with Crippen LogP contribution >= 0.6 is 11.8 Å². The Hall–Kier alpha value is -2.37. The molecule has 156 valence electrons. The second-order valence-corrected chi connectivity index (χ2v) is 8.78. The molecule has 3 aromatic rings. The lowest BCUT2D eigenvalue weighted by molar-refractivity contribution is 0.230. The highest BCUT2D eigenvalue weighted by Crippen LogP contribution is 2.24. The fraction of sp³-hybridized carbons (Fsp3) is 0.360. The molecular weight excluding hydrogens is 390 g/mol. The molecule has 1 aromatic heterocycles. The average Bonchev–Trinajstić information content (AvgIpc) is 3.21. The standard InChI is InChI=1S/C25H29N3OS/c1-20-7-5-16-28(20)17-6-18-29-23-12-10-22(11-13-23)24-14-15-25(27-26-24)30-19-21-8-3-2-4-9-21/h2-4,8-15,20H,5-7,16-19H2,1H3. The molecule has 30 heavy (non-hydrogen) atoms. The lowest BCUT2D eigenvalue weighted by Gasteiger charge is -2.20. The summed E-state index contributed by atoms with van der Waals surface area (Å²) in [6.07, 6.45) is 3.73. The van der Waals surface area contributed by atoms with Gasteiger partial charge in [0.2, 0.25) is 0 Å². The summed E-state index contributed by atoms with van der Waals surface area (Å²) >= 11 is 1.70. The van der Waals surface area contributed by atoms with Crippen LogP contribution in [0.3, 0.4) is 0 Å². The van der Waals surface area contributed by atoms with Crippen LogP contribution in [0.1, 0.15) is 31.7 Å². The normalized spacial score (nSPS) is 16.6. The van der Waals surface area contributed by atoms with Crippen LogP contribution in [-0.4, -0.2) is 40.8 Å². The fourth-order valence-corrected chi connectivity index (χ4v) is 4.56. The Labute approximate surface area is 183 Å². The summed E-state index contributed by atoms with van der Waals surface area (Å²) in [5.41, 5.74) is 3.23. The molecular formula is C25H29N3OS. The Morgan fingerprint density at radius 1 is 1.00 bits per heavy atom. The van der Waals surface area contributed by atoms with Gasteiger partial charge in [-0.25, -0.2) is 0 Å². The van der Waals surface area contributed by atoms with Gasteiger partial charge in [0.1, 0.15) is 10.8 Å². The predicted molar refractivity (Wildman–Crippen MR) is 124 cm³/mol. The van der Waals surface area contributed by atoms with E-state index in [4.69, 9.17) is 4.74 Å². The number of ether oxygens (including phenoxy) is 1. The number of aromatic nitrogens is 2. The molecule has 1 fully saturated rings. The lowest BCUT2D eigenvalue weighted by atomic mass is 10.1. The third kappa shape index (κ3) is 5.83. The topological polar surface area (TPSA) is 38.2 Å². The number of benzene rings is 2. The van der Waals surface area contributed by atoms with E-state index in [-0.39, 0.29) is 0 Å². The number of hydrogen-bond acceptors (Lipinski definition) is 5. The Bertz CT molecular complexity index is 900. The molecule has 4 nitrogen and oxygen atoms in total. The lowest BCUT2D eigenvalue weighted by Crippen LogP contribution is -2.28. The Balaban J connectivity index is 1.24. The van der Waals surface area contributed by atoms with Crippen molar-refractivity contribution in [3.8, 4) is 17.0 Å². The highest BCUT2D eigenvalue weighted by Gasteiger charge is 2.19. The van der Waals surface area contributed by atoms with Crippen molar-refractivity contribution in [1.82, 2.24) is 15.1 Å². The smallest absolute Gasteiger partial charge is 0.119 e. The SMILES string of the molecule is CC1CCCN1CCCOc1ccc(-c2ccc(SCc3ccccc3)nn2)cc1.